The van der Waals surface area contributed by atoms with Crippen molar-refractivity contribution >= 4 is 11.7 Å². The van der Waals surface area contributed by atoms with Gasteiger partial charge in [-0.1, -0.05) is 38.8 Å². The van der Waals surface area contributed by atoms with Crippen molar-refractivity contribution in [2.75, 3.05) is 24.6 Å². The van der Waals surface area contributed by atoms with Crippen LogP contribution in [0.15, 0.2) is 24.3 Å². The number of esters is 1. The van der Waals surface area contributed by atoms with Gasteiger partial charge in [-0.25, -0.2) is 4.79 Å². The minimum atomic E-state index is -0.456. The predicted molar refractivity (Wildman–Crippen MR) is 99.8 cm³/mol. The van der Waals surface area contributed by atoms with Crippen LogP contribution in [-0.2, 0) is 4.74 Å². The van der Waals surface area contributed by atoms with Gasteiger partial charge < -0.3 is 9.64 Å². The van der Waals surface area contributed by atoms with Crippen molar-refractivity contribution < 1.29 is 9.53 Å². The Bertz CT molecular complexity index is 644. The molecular weight excluding hydrogens is 316 g/mol. The average molecular weight is 344 g/mol. The first-order valence-corrected chi connectivity index (χ1v) is 9.14. The van der Waals surface area contributed by atoms with Crippen molar-refractivity contribution in [2.24, 2.45) is 0 Å². The molecule has 0 saturated carbocycles. The van der Waals surface area contributed by atoms with E-state index in [1.807, 2.05) is 12.1 Å². The molecular formula is C19H28N4O2. The van der Waals surface area contributed by atoms with Gasteiger partial charge in [0.1, 0.15) is 5.69 Å². The van der Waals surface area contributed by atoms with Crippen molar-refractivity contribution in [3.05, 3.63) is 30.0 Å². The van der Waals surface area contributed by atoms with Crippen molar-refractivity contribution in [1.29, 1.82) is 0 Å². The monoisotopic (exact) mass is 344 g/mol. The number of anilines is 1. The molecule has 0 aliphatic heterocycles. The fourth-order valence-electron chi connectivity index (χ4n) is 2.67. The van der Waals surface area contributed by atoms with Gasteiger partial charge in [0.15, 0.2) is 5.69 Å². The van der Waals surface area contributed by atoms with Crippen LogP contribution in [0.5, 0.6) is 0 Å². The van der Waals surface area contributed by atoms with Crippen molar-refractivity contribution in [3.63, 3.8) is 0 Å². The summed E-state index contributed by atoms with van der Waals surface area (Å²) < 4.78 is 5.03. The van der Waals surface area contributed by atoms with Gasteiger partial charge in [-0.05, 0) is 31.9 Å². The zero-order valence-corrected chi connectivity index (χ0v) is 15.4. The zero-order chi connectivity index (χ0) is 18.1. The minimum Gasteiger partial charge on any atom is -0.461 e. The molecule has 25 heavy (non-hydrogen) atoms. The number of nitrogens with one attached hydrogen (secondary N) is 1. The molecule has 136 valence electrons. The molecule has 0 bridgehead atoms. The lowest BCUT2D eigenvalue weighted by atomic mass is 10.1. The summed E-state index contributed by atoms with van der Waals surface area (Å²) >= 11 is 0. The average Bonchev–Trinajstić information content (AvgIpc) is 3.12. The Morgan fingerprint density at radius 1 is 1.04 bits per heavy atom. The third-order valence-electron chi connectivity index (χ3n) is 4.09. The Labute approximate surface area is 149 Å². The maximum Gasteiger partial charge on any atom is 0.361 e. The van der Waals surface area contributed by atoms with E-state index < -0.39 is 5.97 Å². The van der Waals surface area contributed by atoms with E-state index in [1.54, 1.807) is 6.92 Å². The number of unbranched alkanes of at least 4 members (excludes halogenated alkanes) is 2. The SMILES string of the molecule is CCCCN(CCCC)c1ccc(-c2n[nH]nc2C(=O)OCC)cc1. The second kappa shape index (κ2) is 9.81. The molecule has 0 amide bonds. The maximum absolute atomic E-state index is 12.0. The molecule has 6 nitrogen and oxygen atoms in total. The summed E-state index contributed by atoms with van der Waals surface area (Å²) in [5, 5.41) is 10.6. The van der Waals surface area contributed by atoms with Gasteiger partial charge >= 0.3 is 5.97 Å². The first-order chi connectivity index (χ1) is 12.2. The molecule has 0 atom stereocenters. The molecule has 6 heteroatoms. The third kappa shape index (κ3) is 5.05. The molecule has 2 rings (SSSR count). The van der Waals surface area contributed by atoms with Gasteiger partial charge in [0.2, 0.25) is 0 Å². The largest absolute Gasteiger partial charge is 0.461 e. The number of rotatable bonds is 10. The lowest BCUT2D eigenvalue weighted by Crippen LogP contribution is -2.25. The van der Waals surface area contributed by atoms with Crippen molar-refractivity contribution in [2.45, 2.75) is 46.5 Å². The topological polar surface area (TPSA) is 71.1 Å². The highest BCUT2D eigenvalue weighted by Crippen LogP contribution is 2.24. The molecule has 1 N–H and O–H groups in total. The number of H-pyrrole nitrogens is 1. The number of carbonyl (C=O) groups excluding carboxylic acids is 1. The van der Waals surface area contributed by atoms with Crippen LogP contribution >= 0.6 is 0 Å². The number of benzene rings is 1. The number of aromatic amines is 1. The van der Waals surface area contributed by atoms with Gasteiger partial charge in [-0.2, -0.15) is 10.3 Å². The van der Waals surface area contributed by atoms with Crippen LogP contribution in [0.25, 0.3) is 11.3 Å². The van der Waals surface area contributed by atoms with E-state index in [0.29, 0.717) is 12.3 Å². The molecule has 0 unspecified atom stereocenters. The third-order valence-corrected chi connectivity index (χ3v) is 4.09. The number of aromatic nitrogens is 3. The van der Waals surface area contributed by atoms with E-state index in [0.717, 1.165) is 18.7 Å². The predicted octanol–water partition coefficient (Wildman–Crippen LogP) is 4.06. The molecule has 0 fully saturated rings. The fraction of sp³-hybridized carbons (Fsp3) is 0.526. The van der Waals surface area contributed by atoms with E-state index in [9.17, 15) is 4.79 Å². The van der Waals surface area contributed by atoms with Crippen molar-refractivity contribution in [1.82, 2.24) is 15.4 Å². The lowest BCUT2D eigenvalue weighted by molar-refractivity contribution is 0.0520. The lowest BCUT2D eigenvalue weighted by Gasteiger charge is -2.24. The van der Waals surface area contributed by atoms with Crippen LogP contribution in [0.3, 0.4) is 0 Å². The highest BCUT2D eigenvalue weighted by atomic mass is 16.5. The summed E-state index contributed by atoms with van der Waals surface area (Å²) in [6, 6.07) is 8.15. The first kappa shape index (κ1) is 19.0. The van der Waals surface area contributed by atoms with Gasteiger partial charge in [-0.15, -0.1) is 5.10 Å². The summed E-state index contributed by atoms with van der Waals surface area (Å²) in [5.41, 5.74) is 2.81. The van der Waals surface area contributed by atoms with E-state index in [2.05, 4.69) is 46.3 Å². The second-order valence-electron chi connectivity index (χ2n) is 5.98. The Hall–Kier alpha value is -2.37. The van der Waals surface area contributed by atoms with Crippen molar-refractivity contribution in [3.8, 4) is 11.3 Å². The van der Waals surface area contributed by atoms with Crippen LogP contribution in [0.1, 0.15) is 56.9 Å². The van der Waals surface area contributed by atoms with E-state index >= 15 is 0 Å². The Kier molecular flexibility index (Phi) is 7.44. The van der Waals surface area contributed by atoms with E-state index in [1.165, 1.54) is 31.4 Å². The van der Waals surface area contributed by atoms with Crippen LogP contribution in [-0.4, -0.2) is 41.1 Å². The molecule has 1 aromatic heterocycles. The zero-order valence-electron chi connectivity index (χ0n) is 15.4. The molecule has 1 aromatic carbocycles. The highest BCUT2D eigenvalue weighted by molar-refractivity contribution is 5.93. The molecule has 2 aromatic rings. The minimum absolute atomic E-state index is 0.225. The van der Waals surface area contributed by atoms with E-state index in [-0.39, 0.29) is 5.69 Å². The standard InChI is InChI=1S/C19H28N4O2/c1-4-7-13-23(14-8-5-2)16-11-9-15(10-12-16)17-18(21-22-20-17)19(24)25-6-3/h9-12H,4-8,13-14H2,1-3H3,(H,20,21,22). The Balaban J connectivity index is 2.18. The smallest absolute Gasteiger partial charge is 0.361 e. The molecule has 1 heterocycles. The molecule has 0 spiro atoms. The number of hydrogen-bond acceptors (Lipinski definition) is 5. The number of ether oxygens (including phenoxy) is 1. The summed E-state index contributed by atoms with van der Waals surface area (Å²) in [5.74, 6) is -0.456. The van der Waals surface area contributed by atoms with Crippen LogP contribution in [0.2, 0.25) is 0 Å². The highest BCUT2D eigenvalue weighted by Gasteiger charge is 2.19. The van der Waals surface area contributed by atoms with Crippen LogP contribution in [0.4, 0.5) is 5.69 Å². The summed E-state index contributed by atoms with van der Waals surface area (Å²) in [4.78, 5) is 14.4. The van der Waals surface area contributed by atoms with Crippen LogP contribution in [0, 0.1) is 0 Å². The fourth-order valence-corrected chi connectivity index (χ4v) is 2.67. The Morgan fingerprint density at radius 3 is 2.24 bits per heavy atom. The van der Waals surface area contributed by atoms with Gasteiger partial charge in [0, 0.05) is 24.3 Å². The van der Waals surface area contributed by atoms with Gasteiger partial charge in [0.25, 0.3) is 0 Å². The first-order valence-electron chi connectivity index (χ1n) is 9.14. The summed E-state index contributed by atoms with van der Waals surface area (Å²) in [6.07, 6.45) is 4.73. The van der Waals surface area contributed by atoms with Gasteiger partial charge in [-0.3, -0.25) is 0 Å². The summed E-state index contributed by atoms with van der Waals surface area (Å²) in [7, 11) is 0. The normalized spacial score (nSPS) is 10.7. The molecule has 0 aliphatic carbocycles. The van der Waals surface area contributed by atoms with Crippen LogP contribution < -0.4 is 4.90 Å². The second-order valence-corrected chi connectivity index (χ2v) is 5.98. The molecule has 0 saturated heterocycles. The maximum atomic E-state index is 12.0. The number of hydrogen-bond donors (Lipinski definition) is 1. The molecule has 0 radical (unpaired) electrons. The molecule has 0 aliphatic rings. The van der Waals surface area contributed by atoms with E-state index in [4.69, 9.17) is 4.74 Å². The quantitative estimate of drug-likeness (QED) is 0.658. The number of nitrogens with zero attached hydrogens (tertiary/aromatic N) is 3. The summed E-state index contributed by atoms with van der Waals surface area (Å²) in [6.45, 7) is 8.63. The van der Waals surface area contributed by atoms with Gasteiger partial charge in [0.05, 0.1) is 6.61 Å². The Morgan fingerprint density at radius 2 is 1.68 bits per heavy atom. The number of carbonyl (C=O) groups is 1.